The highest BCUT2D eigenvalue weighted by molar-refractivity contribution is 5.99. The zero-order valence-corrected chi connectivity index (χ0v) is 22.1. The van der Waals surface area contributed by atoms with Crippen LogP contribution < -0.4 is 0 Å². The molecule has 0 aromatic heterocycles. The van der Waals surface area contributed by atoms with Crippen molar-refractivity contribution < 1.29 is 29.0 Å². The molecule has 3 heterocycles. The molecular weight excluding hydrogens is 448 g/mol. The van der Waals surface area contributed by atoms with Gasteiger partial charge in [0.25, 0.3) is 0 Å². The van der Waals surface area contributed by atoms with E-state index in [0.717, 1.165) is 0 Å². The van der Waals surface area contributed by atoms with E-state index in [1.807, 2.05) is 41.5 Å². The smallest absolute Gasteiger partial charge is 0.312 e. The fourth-order valence-electron chi connectivity index (χ4n) is 6.28. The van der Waals surface area contributed by atoms with Gasteiger partial charge in [-0.3, -0.25) is 14.4 Å². The second-order valence-electron chi connectivity index (χ2n) is 11.6. The van der Waals surface area contributed by atoms with Gasteiger partial charge in [0.2, 0.25) is 11.8 Å². The quantitative estimate of drug-likeness (QED) is 0.287. The van der Waals surface area contributed by atoms with Gasteiger partial charge < -0.3 is 24.4 Å². The SMILES string of the molecule is C=CCCOC(=O)[C@@H]1[C@H]2C(=O)N([C@@H](CO)C(C)C)C(C(=O)N(CC=C)C(C)(C)C)C23CC[C@@]1(C)O3. The lowest BCUT2D eigenvalue weighted by atomic mass is 9.66. The highest BCUT2D eigenvalue weighted by Gasteiger charge is 2.79. The Bertz CT molecular complexity index is 879. The summed E-state index contributed by atoms with van der Waals surface area (Å²) in [4.78, 5) is 44.9. The van der Waals surface area contributed by atoms with E-state index in [1.54, 1.807) is 17.1 Å². The summed E-state index contributed by atoms with van der Waals surface area (Å²) in [6.07, 6.45) is 4.86. The number of amides is 2. The molecule has 35 heavy (non-hydrogen) atoms. The van der Waals surface area contributed by atoms with Crippen molar-refractivity contribution in [3.05, 3.63) is 25.3 Å². The number of hydrogen-bond donors (Lipinski definition) is 1. The maximum absolute atomic E-state index is 14.3. The lowest BCUT2D eigenvalue weighted by Gasteiger charge is -2.44. The van der Waals surface area contributed by atoms with Gasteiger partial charge >= 0.3 is 5.97 Å². The number of carbonyl (C=O) groups is 3. The monoisotopic (exact) mass is 490 g/mol. The molecule has 0 aromatic rings. The first-order valence-electron chi connectivity index (χ1n) is 12.6. The number of hydrogen-bond acceptors (Lipinski definition) is 6. The fraction of sp³-hybridized carbons (Fsp3) is 0.741. The molecule has 3 fully saturated rings. The number of fused-ring (bicyclic) bond motifs is 1. The second-order valence-corrected chi connectivity index (χ2v) is 11.6. The fourth-order valence-corrected chi connectivity index (χ4v) is 6.28. The van der Waals surface area contributed by atoms with Gasteiger partial charge in [0.05, 0.1) is 30.8 Å². The van der Waals surface area contributed by atoms with E-state index < -0.39 is 46.6 Å². The zero-order valence-electron chi connectivity index (χ0n) is 22.1. The summed E-state index contributed by atoms with van der Waals surface area (Å²) in [5, 5.41) is 10.3. The molecular formula is C27H42N2O6. The van der Waals surface area contributed by atoms with Crippen LogP contribution in [-0.4, -0.2) is 81.3 Å². The third-order valence-electron chi connectivity index (χ3n) is 7.97. The van der Waals surface area contributed by atoms with Crippen molar-refractivity contribution in [3.63, 3.8) is 0 Å². The van der Waals surface area contributed by atoms with Crippen molar-refractivity contribution in [2.45, 2.75) is 89.6 Å². The van der Waals surface area contributed by atoms with Crippen LogP contribution in [-0.2, 0) is 23.9 Å². The van der Waals surface area contributed by atoms with E-state index >= 15 is 0 Å². The summed E-state index contributed by atoms with van der Waals surface area (Å²) < 4.78 is 12.1. The molecule has 2 amide bonds. The van der Waals surface area contributed by atoms with Gasteiger partial charge in [0.15, 0.2) is 0 Å². The number of nitrogens with zero attached hydrogens (tertiary/aromatic N) is 2. The normalized spacial score (nSPS) is 32.5. The van der Waals surface area contributed by atoms with Crippen LogP contribution in [0, 0.1) is 17.8 Å². The van der Waals surface area contributed by atoms with Crippen molar-refractivity contribution in [1.82, 2.24) is 9.80 Å². The molecule has 3 aliphatic rings. The topological polar surface area (TPSA) is 96.4 Å². The Balaban J connectivity index is 2.13. The van der Waals surface area contributed by atoms with Crippen molar-refractivity contribution >= 4 is 17.8 Å². The van der Waals surface area contributed by atoms with Crippen LogP contribution in [0.5, 0.6) is 0 Å². The Hall–Kier alpha value is -2.19. The van der Waals surface area contributed by atoms with Crippen LogP contribution in [0.2, 0.25) is 0 Å². The summed E-state index contributed by atoms with van der Waals surface area (Å²) in [7, 11) is 0. The Kier molecular flexibility index (Phi) is 7.59. The molecule has 0 radical (unpaired) electrons. The highest BCUT2D eigenvalue weighted by atomic mass is 16.6. The van der Waals surface area contributed by atoms with Gasteiger partial charge in [-0.05, 0) is 52.9 Å². The maximum atomic E-state index is 14.3. The van der Waals surface area contributed by atoms with Gasteiger partial charge in [-0.15, -0.1) is 13.2 Å². The lowest BCUT2D eigenvalue weighted by molar-refractivity contribution is -0.163. The van der Waals surface area contributed by atoms with Crippen LogP contribution >= 0.6 is 0 Å². The Morgan fingerprint density at radius 2 is 1.94 bits per heavy atom. The summed E-state index contributed by atoms with van der Waals surface area (Å²) in [5.74, 6) is -2.82. The first kappa shape index (κ1) is 27.4. The number of carbonyl (C=O) groups excluding carboxylic acids is 3. The lowest BCUT2D eigenvalue weighted by Crippen LogP contribution is -2.62. The van der Waals surface area contributed by atoms with Crippen LogP contribution in [0.3, 0.4) is 0 Å². The molecule has 0 aliphatic carbocycles. The highest BCUT2D eigenvalue weighted by Crippen LogP contribution is 2.64. The van der Waals surface area contributed by atoms with Crippen LogP contribution in [0.1, 0.15) is 60.8 Å². The van der Waals surface area contributed by atoms with Gasteiger partial charge in [-0.2, -0.15) is 0 Å². The minimum absolute atomic E-state index is 0.109. The van der Waals surface area contributed by atoms with Gasteiger partial charge in [-0.1, -0.05) is 26.0 Å². The Morgan fingerprint density at radius 1 is 1.29 bits per heavy atom. The van der Waals surface area contributed by atoms with E-state index in [-0.39, 0.29) is 30.9 Å². The molecule has 3 rings (SSSR count). The minimum Gasteiger partial charge on any atom is -0.465 e. The first-order valence-corrected chi connectivity index (χ1v) is 12.6. The molecule has 1 spiro atoms. The number of rotatable bonds is 10. The molecule has 196 valence electrons. The summed E-state index contributed by atoms with van der Waals surface area (Å²) >= 11 is 0. The van der Waals surface area contributed by atoms with Crippen molar-refractivity contribution in [2.75, 3.05) is 19.8 Å². The van der Waals surface area contributed by atoms with E-state index in [2.05, 4.69) is 13.2 Å². The second kappa shape index (κ2) is 9.69. The van der Waals surface area contributed by atoms with Crippen LogP contribution in [0.15, 0.2) is 25.3 Å². The predicted molar refractivity (Wildman–Crippen MR) is 132 cm³/mol. The number of aliphatic hydroxyl groups excluding tert-OH is 1. The van der Waals surface area contributed by atoms with Gasteiger partial charge in [0, 0.05) is 12.1 Å². The van der Waals surface area contributed by atoms with E-state index in [1.165, 1.54) is 4.90 Å². The predicted octanol–water partition coefficient (Wildman–Crippen LogP) is 2.70. The first-order chi connectivity index (χ1) is 16.3. The number of aliphatic hydroxyl groups is 1. The van der Waals surface area contributed by atoms with E-state index in [9.17, 15) is 19.5 Å². The summed E-state index contributed by atoms with van der Waals surface area (Å²) in [6, 6.07) is -1.54. The molecule has 3 saturated heterocycles. The van der Waals surface area contributed by atoms with E-state index in [4.69, 9.17) is 9.47 Å². The number of esters is 1. The summed E-state index contributed by atoms with van der Waals surface area (Å²) in [6.45, 7) is 19.1. The van der Waals surface area contributed by atoms with E-state index in [0.29, 0.717) is 25.8 Å². The van der Waals surface area contributed by atoms with Crippen LogP contribution in [0.25, 0.3) is 0 Å². The molecule has 2 unspecified atom stereocenters. The number of ether oxygens (including phenoxy) is 2. The van der Waals surface area contributed by atoms with Crippen molar-refractivity contribution in [3.8, 4) is 0 Å². The number of likely N-dealkylation sites (tertiary alicyclic amines) is 1. The third kappa shape index (κ3) is 4.33. The maximum Gasteiger partial charge on any atom is 0.312 e. The molecule has 2 bridgehead atoms. The van der Waals surface area contributed by atoms with Crippen molar-refractivity contribution in [1.29, 1.82) is 0 Å². The average Bonchev–Trinajstić information content (AvgIpc) is 3.32. The van der Waals surface area contributed by atoms with Crippen molar-refractivity contribution in [2.24, 2.45) is 17.8 Å². The van der Waals surface area contributed by atoms with Crippen LogP contribution in [0.4, 0.5) is 0 Å². The molecule has 3 aliphatic heterocycles. The van der Waals surface area contributed by atoms with Gasteiger partial charge in [0.1, 0.15) is 17.6 Å². The standard InChI is InChI=1S/C27H42N2O6/c1-9-11-15-34-24(33)20-19-22(31)29(18(16-30)17(3)4)21(27(19)13-12-26(20,8)35-27)23(32)28(14-10-2)25(5,6)7/h9-10,17-21,30H,1-2,11-16H2,3-8H3/t18-,19-,20-,21?,26+,27?/m0/s1. The zero-order chi connectivity index (χ0) is 26.3. The Morgan fingerprint density at radius 3 is 2.46 bits per heavy atom. The molecule has 6 atom stereocenters. The minimum atomic E-state index is -1.15. The van der Waals surface area contributed by atoms with Gasteiger partial charge in [-0.25, -0.2) is 0 Å². The molecule has 0 aromatic carbocycles. The summed E-state index contributed by atoms with van der Waals surface area (Å²) in [5.41, 5.74) is -2.59. The third-order valence-corrected chi connectivity index (χ3v) is 7.97. The average molecular weight is 491 g/mol. The Labute approximate surface area is 209 Å². The molecule has 8 heteroatoms. The molecule has 8 nitrogen and oxygen atoms in total. The molecule has 0 saturated carbocycles. The molecule has 1 N–H and O–H groups in total. The largest absolute Gasteiger partial charge is 0.465 e.